The molecule has 0 spiro atoms. The van der Waals surface area contributed by atoms with Crippen LogP contribution >= 0.6 is 15.9 Å². The van der Waals surface area contributed by atoms with E-state index in [-0.39, 0.29) is 18.0 Å². The Labute approximate surface area is 179 Å². The van der Waals surface area contributed by atoms with Crippen molar-refractivity contribution in [3.8, 4) is 5.75 Å². The van der Waals surface area contributed by atoms with Gasteiger partial charge in [-0.1, -0.05) is 46.3 Å². The van der Waals surface area contributed by atoms with Crippen molar-refractivity contribution in [2.24, 2.45) is 0 Å². The summed E-state index contributed by atoms with van der Waals surface area (Å²) in [5.41, 5.74) is 0.540. The normalized spacial score (nSPS) is 23.6. The minimum Gasteiger partial charge on any atom is -0.480 e. The van der Waals surface area contributed by atoms with E-state index in [1.807, 2.05) is 51.1 Å². The summed E-state index contributed by atoms with van der Waals surface area (Å²) in [4.78, 5) is 14.8. The van der Waals surface area contributed by atoms with Crippen LogP contribution in [0.15, 0.2) is 46.9 Å². The highest BCUT2D eigenvalue weighted by molar-refractivity contribution is 9.10. The summed E-state index contributed by atoms with van der Waals surface area (Å²) >= 11 is 3.49. The van der Waals surface area contributed by atoms with Gasteiger partial charge in [-0.25, -0.2) is 9.18 Å². The molecule has 0 N–H and O–H groups in total. The molecule has 2 aromatic carbocycles. The van der Waals surface area contributed by atoms with E-state index in [2.05, 4.69) is 15.9 Å². The Morgan fingerprint density at radius 1 is 1.28 bits per heavy atom. The molecule has 1 unspecified atom stereocenters. The molecular weight excluding hydrogens is 437 g/mol. The molecule has 4 rings (SSSR count). The van der Waals surface area contributed by atoms with E-state index in [1.165, 1.54) is 12.1 Å². The van der Waals surface area contributed by atoms with Crippen LogP contribution in [0.5, 0.6) is 5.75 Å². The highest BCUT2D eigenvalue weighted by atomic mass is 79.9. The molecule has 2 aliphatic heterocycles. The van der Waals surface area contributed by atoms with Crippen molar-refractivity contribution in [1.82, 2.24) is 4.90 Å². The number of halogens is 2. The molecular formula is C23H25BrFNO3. The van der Waals surface area contributed by atoms with Gasteiger partial charge in [-0.3, -0.25) is 0 Å². The number of hydrogen-bond donors (Lipinski definition) is 0. The molecule has 154 valence electrons. The lowest BCUT2D eigenvalue weighted by molar-refractivity contribution is -0.0216. The zero-order valence-corrected chi connectivity index (χ0v) is 18.5. The smallest absolute Gasteiger partial charge is 0.410 e. The maximum absolute atomic E-state index is 14.1. The summed E-state index contributed by atoms with van der Waals surface area (Å²) in [6, 6.07) is 12.6. The summed E-state index contributed by atoms with van der Waals surface area (Å²) in [7, 11) is 0. The van der Waals surface area contributed by atoms with Gasteiger partial charge in [0.25, 0.3) is 0 Å². The van der Waals surface area contributed by atoms with Gasteiger partial charge < -0.3 is 14.4 Å². The predicted molar refractivity (Wildman–Crippen MR) is 113 cm³/mol. The van der Waals surface area contributed by atoms with E-state index in [1.54, 1.807) is 4.90 Å². The largest absolute Gasteiger partial charge is 0.480 e. The van der Waals surface area contributed by atoms with Gasteiger partial charge in [0.15, 0.2) is 5.60 Å². The van der Waals surface area contributed by atoms with Gasteiger partial charge in [0.05, 0.1) is 6.04 Å². The number of hydrogen-bond acceptors (Lipinski definition) is 3. The summed E-state index contributed by atoms with van der Waals surface area (Å²) in [5.74, 6) is 0.173. The molecule has 2 aliphatic rings. The van der Waals surface area contributed by atoms with Gasteiger partial charge in [-0.05, 0) is 45.2 Å². The van der Waals surface area contributed by atoms with Crippen LogP contribution in [0.2, 0.25) is 0 Å². The van der Waals surface area contributed by atoms with E-state index >= 15 is 0 Å². The van der Waals surface area contributed by atoms with Crippen molar-refractivity contribution in [3.63, 3.8) is 0 Å². The predicted octanol–water partition coefficient (Wildman–Crippen LogP) is 5.82. The first-order chi connectivity index (χ1) is 13.7. The van der Waals surface area contributed by atoms with Gasteiger partial charge in [-0.15, -0.1) is 0 Å². The number of likely N-dealkylation sites (tertiary alicyclic amines) is 1. The number of carbonyl (C=O) groups is 1. The molecule has 0 radical (unpaired) electrons. The molecule has 4 nitrogen and oxygen atoms in total. The number of nitrogens with zero attached hydrogens (tertiary/aromatic N) is 1. The lowest BCUT2D eigenvalue weighted by Gasteiger charge is -2.40. The highest BCUT2D eigenvalue weighted by Gasteiger charge is 2.53. The Bertz CT molecular complexity index is 928. The van der Waals surface area contributed by atoms with Crippen LogP contribution in [0.1, 0.15) is 44.7 Å². The Morgan fingerprint density at radius 3 is 2.69 bits per heavy atom. The van der Waals surface area contributed by atoms with Crippen molar-refractivity contribution in [2.45, 2.75) is 57.3 Å². The van der Waals surface area contributed by atoms with E-state index in [0.717, 1.165) is 24.0 Å². The maximum atomic E-state index is 14.1. The van der Waals surface area contributed by atoms with E-state index in [4.69, 9.17) is 9.47 Å². The topological polar surface area (TPSA) is 38.8 Å². The SMILES string of the molecule is CC(C)(C)OC(=O)N1CCC[C@H]1C1(c2ccccc2)Cc2c(Br)cc(F)cc2O1. The molecule has 0 aliphatic carbocycles. The van der Waals surface area contributed by atoms with Crippen molar-refractivity contribution < 1.29 is 18.7 Å². The minimum absolute atomic E-state index is 0.206. The van der Waals surface area contributed by atoms with Crippen molar-refractivity contribution in [2.75, 3.05) is 6.54 Å². The van der Waals surface area contributed by atoms with Crippen LogP contribution in [0.3, 0.4) is 0 Å². The zero-order chi connectivity index (χ0) is 20.8. The quantitative estimate of drug-likeness (QED) is 0.565. The zero-order valence-electron chi connectivity index (χ0n) is 16.9. The molecule has 1 amide bonds. The second kappa shape index (κ2) is 7.31. The summed E-state index contributed by atoms with van der Waals surface area (Å²) < 4.78 is 26.9. The molecule has 0 aromatic heterocycles. The van der Waals surface area contributed by atoms with Gasteiger partial charge in [-0.2, -0.15) is 0 Å². The van der Waals surface area contributed by atoms with E-state index in [9.17, 15) is 9.18 Å². The highest BCUT2D eigenvalue weighted by Crippen LogP contribution is 2.50. The first kappa shape index (κ1) is 20.2. The Morgan fingerprint density at radius 2 is 2.00 bits per heavy atom. The van der Waals surface area contributed by atoms with Gasteiger partial charge in [0.2, 0.25) is 0 Å². The summed E-state index contributed by atoms with van der Waals surface area (Å²) in [6.07, 6.45) is 1.88. The third kappa shape index (κ3) is 3.75. The Hall–Kier alpha value is -2.08. The second-order valence-electron chi connectivity index (χ2n) is 8.73. The average molecular weight is 462 g/mol. The molecule has 0 bridgehead atoms. The van der Waals surface area contributed by atoms with Crippen LogP contribution < -0.4 is 4.74 Å². The molecule has 6 heteroatoms. The summed E-state index contributed by atoms with van der Waals surface area (Å²) in [5, 5.41) is 0. The lowest BCUT2D eigenvalue weighted by atomic mass is 9.81. The molecule has 2 aromatic rings. The van der Waals surface area contributed by atoms with Crippen LogP contribution in [0, 0.1) is 5.82 Å². The van der Waals surface area contributed by atoms with Crippen LogP contribution in [0.4, 0.5) is 9.18 Å². The van der Waals surface area contributed by atoms with Gasteiger partial charge in [0.1, 0.15) is 17.2 Å². The third-order valence-electron chi connectivity index (χ3n) is 5.53. The molecule has 0 saturated carbocycles. The third-order valence-corrected chi connectivity index (χ3v) is 6.24. The van der Waals surface area contributed by atoms with Crippen LogP contribution in [-0.2, 0) is 16.8 Å². The monoisotopic (exact) mass is 461 g/mol. The number of carbonyl (C=O) groups excluding carboxylic acids is 1. The van der Waals surface area contributed by atoms with Crippen molar-refractivity contribution in [3.05, 3.63) is 63.9 Å². The Balaban J connectivity index is 1.77. The van der Waals surface area contributed by atoms with E-state index < -0.39 is 11.2 Å². The maximum Gasteiger partial charge on any atom is 0.410 e. The number of benzene rings is 2. The summed E-state index contributed by atoms with van der Waals surface area (Å²) in [6.45, 7) is 6.21. The first-order valence-electron chi connectivity index (χ1n) is 9.92. The molecule has 1 fully saturated rings. The fraction of sp³-hybridized carbons (Fsp3) is 0.435. The van der Waals surface area contributed by atoms with Crippen molar-refractivity contribution >= 4 is 22.0 Å². The lowest BCUT2D eigenvalue weighted by Crippen LogP contribution is -2.53. The Kier molecular flexibility index (Phi) is 5.09. The number of amides is 1. The molecule has 2 heterocycles. The second-order valence-corrected chi connectivity index (χ2v) is 9.58. The fourth-order valence-corrected chi connectivity index (χ4v) is 4.94. The first-order valence-corrected chi connectivity index (χ1v) is 10.7. The number of rotatable bonds is 2. The molecule has 29 heavy (non-hydrogen) atoms. The van der Waals surface area contributed by atoms with Crippen LogP contribution in [-0.4, -0.2) is 29.2 Å². The number of fused-ring (bicyclic) bond motifs is 1. The molecule has 1 saturated heterocycles. The van der Waals surface area contributed by atoms with Gasteiger partial charge >= 0.3 is 6.09 Å². The average Bonchev–Trinajstić information content (AvgIpc) is 3.26. The van der Waals surface area contributed by atoms with Crippen LogP contribution in [0.25, 0.3) is 0 Å². The number of ether oxygens (including phenoxy) is 2. The fourth-order valence-electron chi connectivity index (χ4n) is 4.39. The van der Waals surface area contributed by atoms with Gasteiger partial charge in [0, 0.05) is 29.1 Å². The van der Waals surface area contributed by atoms with Crippen molar-refractivity contribution in [1.29, 1.82) is 0 Å². The van der Waals surface area contributed by atoms with E-state index in [0.29, 0.717) is 23.2 Å². The minimum atomic E-state index is -0.784. The molecule has 2 atom stereocenters. The standard InChI is InChI=1S/C23H25BrFNO3/c1-22(2,3)29-21(27)26-11-7-10-20(26)23(15-8-5-4-6-9-15)14-17-18(24)12-16(25)13-19(17)28-23/h4-6,8-9,12-13,20H,7,10-11,14H2,1-3H3/t20-,23?/m0/s1.